The number of fused-ring (bicyclic) bond motifs is 1. The summed E-state index contributed by atoms with van der Waals surface area (Å²) in [6.45, 7) is 9.44. The van der Waals surface area contributed by atoms with E-state index in [1.165, 1.54) is 31.3 Å². The lowest BCUT2D eigenvalue weighted by atomic mass is 9.71. The van der Waals surface area contributed by atoms with Crippen LogP contribution in [-0.4, -0.2) is 7.85 Å². The lowest BCUT2D eigenvalue weighted by Gasteiger charge is -2.33. The molecule has 1 aromatic carbocycles. The van der Waals surface area contributed by atoms with Crippen molar-refractivity contribution >= 4 is 7.85 Å². The molecular weight excluding hydrogens is 263 g/mol. The number of hydrogen-bond acceptors (Lipinski definition) is 0. The highest BCUT2D eigenvalue weighted by molar-refractivity contribution is 6.17. The molecule has 0 nitrogen and oxygen atoms in total. The van der Waals surface area contributed by atoms with Gasteiger partial charge < -0.3 is 0 Å². The van der Waals surface area contributed by atoms with Gasteiger partial charge in [0.05, 0.1) is 0 Å². The van der Waals surface area contributed by atoms with Crippen molar-refractivity contribution in [2.24, 2.45) is 5.92 Å². The van der Waals surface area contributed by atoms with Crippen molar-refractivity contribution in [1.29, 1.82) is 0 Å². The minimum atomic E-state index is 0.349. The summed E-state index contributed by atoms with van der Waals surface area (Å²) in [6.07, 6.45) is 9.92. The minimum absolute atomic E-state index is 0.349. The van der Waals surface area contributed by atoms with Gasteiger partial charge in [-0.2, -0.15) is 0 Å². The zero-order valence-electron chi connectivity index (χ0n) is 14.9. The molecule has 0 saturated heterocycles. The van der Waals surface area contributed by atoms with Crippen LogP contribution in [0.1, 0.15) is 63.6 Å². The summed E-state index contributed by atoms with van der Waals surface area (Å²) in [5, 5.41) is 0. The van der Waals surface area contributed by atoms with Gasteiger partial charge in [-0.15, -0.1) is 5.98 Å². The van der Waals surface area contributed by atoms with Crippen LogP contribution >= 0.6 is 0 Å². The minimum Gasteiger partial charge on any atom is -0.121 e. The average Bonchev–Trinajstić information content (AvgIpc) is 3.16. The molecule has 0 amide bonds. The molecule has 0 radical (unpaired) electrons. The molecule has 1 aromatic rings. The standard InChI is InChI=1S/C21H29B/c1-15(14-22)7-9-18-13-21(18,4)17-10-8-16-6-5-11-20(2,3)19(16)12-17/h7-10,12,14,18H,5-6,11,13,22H2,1-4H3. The molecule has 0 spiro atoms. The third kappa shape index (κ3) is 2.71. The van der Waals surface area contributed by atoms with E-state index in [0.29, 0.717) is 16.7 Å². The SMILES string of the molecule is BC=C(C)C=CC1CC1(C)c1ccc2c(c1)C(C)(C)CCC2. The Kier molecular flexibility index (Phi) is 3.87. The van der Waals surface area contributed by atoms with Crippen molar-refractivity contribution < 1.29 is 0 Å². The molecule has 2 aliphatic carbocycles. The number of benzene rings is 1. The maximum atomic E-state index is 2.53. The van der Waals surface area contributed by atoms with E-state index in [0.717, 1.165) is 0 Å². The van der Waals surface area contributed by atoms with Crippen LogP contribution in [-0.2, 0) is 17.3 Å². The summed E-state index contributed by atoms with van der Waals surface area (Å²) >= 11 is 0. The Morgan fingerprint density at radius 1 is 1.27 bits per heavy atom. The fourth-order valence-electron chi connectivity index (χ4n) is 4.01. The highest BCUT2D eigenvalue weighted by atomic mass is 14.5. The van der Waals surface area contributed by atoms with Crippen LogP contribution in [0, 0.1) is 5.92 Å². The molecule has 2 unspecified atom stereocenters. The van der Waals surface area contributed by atoms with Crippen molar-refractivity contribution in [2.45, 2.75) is 64.2 Å². The predicted molar refractivity (Wildman–Crippen MR) is 99.3 cm³/mol. The number of rotatable bonds is 3. The molecular formula is C21H29B. The molecule has 3 rings (SSSR count). The third-order valence-corrected chi connectivity index (χ3v) is 6.10. The van der Waals surface area contributed by atoms with Gasteiger partial charge in [0.2, 0.25) is 0 Å². The zero-order valence-corrected chi connectivity index (χ0v) is 14.9. The first-order chi connectivity index (χ1) is 10.4. The van der Waals surface area contributed by atoms with Crippen molar-refractivity contribution in [3.63, 3.8) is 0 Å². The summed E-state index contributed by atoms with van der Waals surface area (Å²) in [5.41, 5.74) is 6.81. The van der Waals surface area contributed by atoms with Crippen LogP contribution in [0.2, 0.25) is 0 Å². The molecule has 0 aromatic heterocycles. The highest BCUT2D eigenvalue weighted by Gasteiger charge is 2.49. The third-order valence-electron chi connectivity index (χ3n) is 6.10. The first kappa shape index (κ1) is 15.7. The van der Waals surface area contributed by atoms with Crippen LogP contribution < -0.4 is 0 Å². The molecule has 2 atom stereocenters. The Bertz CT molecular complexity index is 635. The Morgan fingerprint density at radius 2 is 2.05 bits per heavy atom. The molecule has 2 aliphatic rings. The van der Waals surface area contributed by atoms with Crippen LogP contribution in [0.3, 0.4) is 0 Å². The Hall–Kier alpha value is -1.24. The second-order valence-corrected chi connectivity index (χ2v) is 8.23. The normalized spacial score (nSPS) is 30.4. The lowest BCUT2D eigenvalue weighted by molar-refractivity contribution is 0.431. The van der Waals surface area contributed by atoms with E-state index >= 15 is 0 Å². The number of aryl methyl sites for hydroxylation is 1. The fraction of sp³-hybridized carbons (Fsp3) is 0.524. The summed E-state index contributed by atoms with van der Waals surface area (Å²) in [4.78, 5) is 0. The van der Waals surface area contributed by atoms with E-state index in [4.69, 9.17) is 0 Å². The van der Waals surface area contributed by atoms with Gasteiger partial charge in [0.15, 0.2) is 0 Å². The molecule has 0 heterocycles. The molecule has 0 aliphatic heterocycles. The van der Waals surface area contributed by atoms with Crippen molar-refractivity contribution in [3.8, 4) is 0 Å². The second kappa shape index (κ2) is 5.44. The molecule has 116 valence electrons. The van der Waals surface area contributed by atoms with Gasteiger partial charge in [0, 0.05) is 0 Å². The van der Waals surface area contributed by atoms with E-state index in [1.54, 1.807) is 16.7 Å². The van der Waals surface area contributed by atoms with Gasteiger partial charge in [-0.05, 0) is 66.0 Å². The van der Waals surface area contributed by atoms with Crippen LogP contribution in [0.15, 0.2) is 41.9 Å². The van der Waals surface area contributed by atoms with Gasteiger partial charge >= 0.3 is 0 Å². The topological polar surface area (TPSA) is 0 Å². The maximum Gasteiger partial charge on any atom is 0.129 e. The average molecular weight is 292 g/mol. The Balaban J connectivity index is 1.87. The van der Waals surface area contributed by atoms with Gasteiger partial charge in [-0.1, -0.05) is 56.7 Å². The zero-order chi connectivity index (χ0) is 16.0. The van der Waals surface area contributed by atoms with E-state index < -0.39 is 0 Å². The quantitative estimate of drug-likeness (QED) is 0.561. The largest absolute Gasteiger partial charge is 0.129 e. The van der Waals surface area contributed by atoms with Crippen LogP contribution in [0.25, 0.3) is 0 Å². The molecule has 1 saturated carbocycles. The van der Waals surface area contributed by atoms with Crippen LogP contribution in [0.4, 0.5) is 0 Å². The smallest absolute Gasteiger partial charge is 0.121 e. The van der Waals surface area contributed by atoms with E-state index in [9.17, 15) is 0 Å². The van der Waals surface area contributed by atoms with Crippen molar-refractivity contribution in [3.05, 3.63) is 58.6 Å². The summed E-state index contributed by atoms with van der Waals surface area (Å²) in [7, 11) is 2.11. The summed E-state index contributed by atoms with van der Waals surface area (Å²) in [5.74, 6) is 2.88. The van der Waals surface area contributed by atoms with Gasteiger partial charge in [0.1, 0.15) is 7.85 Å². The Labute approximate surface area is 137 Å². The maximum absolute atomic E-state index is 2.53. The van der Waals surface area contributed by atoms with Crippen molar-refractivity contribution in [2.75, 3.05) is 0 Å². The van der Waals surface area contributed by atoms with Gasteiger partial charge in [-0.3, -0.25) is 0 Å². The Morgan fingerprint density at radius 3 is 2.77 bits per heavy atom. The molecule has 0 N–H and O–H groups in total. The van der Waals surface area contributed by atoms with E-state index in [-0.39, 0.29) is 0 Å². The summed E-state index contributed by atoms with van der Waals surface area (Å²) < 4.78 is 0. The monoisotopic (exact) mass is 292 g/mol. The molecule has 0 bridgehead atoms. The summed E-state index contributed by atoms with van der Waals surface area (Å²) in [6, 6.07) is 7.34. The molecule has 1 fully saturated rings. The van der Waals surface area contributed by atoms with Crippen LogP contribution in [0.5, 0.6) is 0 Å². The number of hydrogen-bond donors (Lipinski definition) is 0. The van der Waals surface area contributed by atoms with Gasteiger partial charge in [0.25, 0.3) is 0 Å². The number of allylic oxidation sites excluding steroid dienone is 3. The molecule has 1 heteroatoms. The van der Waals surface area contributed by atoms with E-state index in [1.807, 2.05) is 0 Å². The van der Waals surface area contributed by atoms with Crippen molar-refractivity contribution in [1.82, 2.24) is 0 Å². The first-order valence-corrected chi connectivity index (χ1v) is 8.82. The lowest BCUT2D eigenvalue weighted by Crippen LogP contribution is -2.24. The van der Waals surface area contributed by atoms with E-state index in [2.05, 4.69) is 71.9 Å². The highest BCUT2D eigenvalue weighted by Crippen LogP contribution is 2.55. The predicted octanol–water partition coefficient (Wildman–Crippen LogP) is 4.67. The fourth-order valence-corrected chi connectivity index (χ4v) is 4.01. The molecule has 22 heavy (non-hydrogen) atoms. The second-order valence-electron chi connectivity index (χ2n) is 8.23. The first-order valence-electron chi connectivity index (χ1n) is 8.82. The van der Waals surface area contributed by atoms with Gasteiger partial charge in [-0.25, -0.2) is 0 Å².